The average Bonchev–Trinajstić information content (AvgIpc) is 2.40. The molecule has 2 rings (SSSR count). The Morgan fingerprint density at radius 2 is 1.95 bits per heavy atom. The zero-order valence-corrected chi connectivity index (χ0v) is 12.2. The van der Waals surface area contributed by atoms with Crippen molar-refractivity contribution in [1.82, 2.24) is 0 Å². The van der Waals surface area contributed by atoms with Crippen molar-refractivity contribution in [2.45, 2.75) is 39.0 Å². The second-order valence-corrected chi connectivity index (χ2v) is 5.43. The van der Waals surface area contributed by atoms with E-state index in [9.17, 15) is 4.79 Å². The Hall–Kier alpha value is -1.51. The van der Waals surface area contributed by atoms with Gasteiger partial charge in [0.2, 0.25) is 0 Å². The summed E-state index contributed by atoms with van der Waals surface area (Å²) < 4.78 is 10.9. The van der Waals surface area contributed by atoms with Gasteiger partial charge in [0.15, 0.2) is 11.5 Å². The summed E-state index contributed by atoms with van der Waals surface area (Å²) in [6.07, 6.45) is 2.49. The Morgan fingerprint density at radius 1 is 1.21 bits per heavy atom. The smallest absolute Gasteiger partial charge is 0.164 e. The largest absolute Gasteiger partial charge is 0.493 e. The molecule has 2 unspecified atom stereocenters. The number of benzene rings is 1. The number of methoxy groups -OCH3 is 2. The van der Waals surface area contributed by atoms with E-state index in [-0.39, 0.29) is 5.92 Å². The number of Topliss-reactive ketones (excluding diaryl/α,β-unsaturated/α-hetero) is 1. The maximum Gasteiger partial charge on any atom is 0.164 e. The lowest BCUT2D eigenvalue weighted by Crippen LogP contribution is -2.21. The molecule has 0 N–H and O–H groups in total. The minimum Gasteiger partial charge on any atom is -0.493 e. The Kier molecular flexibility index (Phi) is 4.13. The van der Waals surface area contributed by atoms with E-state index in [0.29, 0.717) is 18.1 Å². The summed E-state index contributed by atoms with van der Waals surface area (Å²) in [5.41, 5.74) is 2.34. The van der Waals surface area contributed by atoms with E-state index < -0.39 is 0 Å². The summed E-state index contributed by atoms with van der Waals surface area (Å²) in [7, 11) is 3.34. The fourth-order valence-electron chi connectivity index (χ4n) is 2.96. The van der Waals surface area contributed by atoms with Gasteiger partial charge in [-0.3, -0.25) is 4.79 Å². The summed E-state index contributed by atoms with van der Waals surface area (Å²) in [5.74, 6) is 2.52. The fourth-order valence-corrected chi connectivity index (χ4v) is 2.96. The Balaban J connectivity index is 2.38. The molecular weight excluding hydrogens is 240 g/mol. The van der Waals surface area contributed by atoms with Crippen molar-refractivity contribution in [2.75, 3.05) is 14.2 Å². The molecule has 0 heterocycles. The van der Waals surface area contributed by atoms with Gasteiger partial charge < -0.3 is 9.47 Å². The number of hydrogen-bond donors (Lipinski definition) is 0. The summed E-state index contributed by atoms with van der Waals surface area (Å²) in [6, 6.07) is 4.15. The second kappa shape index (κ2) is 5.64. The number of ether oxygens (including phenoxy) is 2. The second-order valence-electron chi connectivity index (χ2n) is 5.43. The first kappa shape index (κ1) is 13.9. The predicted octanol–water partition coefficient (Wildman–Crippen LogP) is 3.48. The van der Waals surface area contributed by atoms with Crippen molar-refractivity contribution in [3.05, 3.63) is 23.3 Å². The molecule has 0 spiro atoms. The molecule has 104 valence electrons. The van der Waals surface area contributed by atoms with E-state index >= 15 is 0 Å². The number of rotatable bonds is 3. The van der Waals surface area contributed by atoms with Crippen molar-refractivity contribution in [1.29, 1.82) is 0 Å². The van der Waals surface area contributed by atoms with Crippen LogP contribution in [0.25, 0.3) is 0 Å². The Morgan fingerprint density at radius 3 is 2.53 bits per heavy atom. The van der Waals surface area contributed by atoms with Gasteiger partial charge >= 0.3 is 0 Å². The van der Waals surface area contributed by atoms with Gasteiger partial charge in [-0.05, 0) is 37.3 Å². The molecule has 1 aliphatic carbocycles. The van der Waals surface area contributed by atoms with Crippen LogP contribution < -0.4 is 9.47 Å². The highest BCUT2D eigenvalue weighted by molar-refractivity contribution is 5.81. The Labute approximate surface area is 114 Å². The molecule has 1 fully saturated rings. The van der Waals surface area contributed by atoms with E-state index in [0.717, 1.165) is 29.9 Å². The normalized spacial score (nSPS) is 23.3. The third-order valence-corrected chi connectivity index (χ3v) is 4.02. The fraction of sp³-hybridized carbons (Fsp3) is 0.562. The quantitative estimate of drug-likeness (QED) is 0.836. The highest BCUT2D eigenvalue weighted by atomic mass is 16.5. The van der Waals surface area contributed by atoms with Crippen molar-refractivity contribution in [3.8, 4) is 11.5 Å². The molecule has 0 radical (unpaired) electrons. The van der Waals surface area contributed by atoms with Gasteiger partial charge in [-0.15, -0.1) is 0 Å². The molecule has 1 aromatic rings. The molecule has 1 aliphatic rings. The summed E-state index contributed by atoms with van der Waals surface area (Å²) in [5, 5.41) is 0. The van der Waals surface area contributed by atoms with E-state index in [1.807, 2.05) is 13.0 Å². The van der Waals surface area contributed by atoms with E-state index in [2.05, 4.69) is 13.0 Å². The van der Waals surface area contributed by atoms with Crippen molar-refractivity contribution >= 4 is 5.78 Å². The van der Waals surface area contributed by atoms with Crippen LogP contribution >= 0.6 is 0 Å². The minimum atomic E-state index is 0.148. The lowest BCUT2D eigenvalue weighted by atomic mass is 9.77. The van der Waals surface area contributed by atoms with Crippen LogP contribution in [-0.4, -0.2) is 20.0 Å². The lowest BCUT2D eigenvalue weighted by molar-refractivity contribution is -0.124. The summed E-state index contributed by atoms with van der Waals surface area (Å²) in [4.78, 5) is 11.7. The molecule has 3 nitrogen and oxygen atoms in total. The molecule has 0 aliphatic heterocycles. The van der Waals surface area contributed by atoms with Crippen molar-refractivity contribution in [2.24, 2.45) is 5.92 Å². The number of ketones is 1. The molecule has 3 heteroatoms. The van der Waals surface area contributed by atoms with Gasteiger partial charge in [0, 0.05) is 17.9 Å². The Bertz CT molecular complexity index is 479. The zero-order valence-electron chi connectivity index (χ0n) is 12.2. The van der Waals surface area contributed by atoms with Gasteiger partial charge in [-0.2, -0.15) is 0 Å². The number of aryl methyl sites for hydroxylation is 1. The first-order chi connectivity index (χ1) is 9.06. The summed E-state index contributed by atoms with van der Waals surface area (Å²) in [6.45, 7) is 4.08. The maximum atomic E-state index is 11.7. The van der Waals surface area contributed by atoms with Crippen LogP contribution in [0.1, 0.15) is 43.2 Å². The number of carbonyl (C=O) groups is 1. The van der Waals surface area contributed by atoms with Crippen LogP contribution in [0.5, 0.6) is 11.5 Å². The van der Waals surface area contributed by atoms with Crippen LogP contribution in [0.3, 0.4) is 0 Å². The third kappa shape index (κ3) is 2.75. The van der Waals surface area contributed by atoms with Crippen molar-refractivity contribution in [3.63, 3.8) is 0 Å². The summed E-state index contributed by atoms with van der Waals surface area (Å²) >= 11 is 0. The molecule has 19 heavy (non-hydrogen) atoms. The highest BCUT2D eigenvalue weighted by Gasteiger charge is 2.29. The first-order valence-electron chi connectivity index (χ1n) is 6.82. The van der Waals surface area contributed by atoms with Gasteiger partial charge in [0.1, 0.15) is 5.78 Å². The molecule has 0 amide bonds. The molecule has 1 aromatic carbocycles. The molecule has 1 saturated carbocycles. The monoisotopic (exact) mass is 262 g/mol. The SMILES string of the molecule is COc1cc(C)cc(C2CCC(=O)C(C)C2)c1OC. The predicted molar refractivity (Wildman–Crippen MR) is 75.0 cm³/mol. The minimum absolute atomic E-state index is 0.148. The standard InChI is InChI=1S/C16H22O3/c1-10-7-13(16(19-4)15(8-10)18-3)12-5-6-14(17)11(2)9-12/h7-8,11-12H,5-6,9H2,1-4H3. The number of hydrogen-bond acceptors (Lipinski definition) is 3. The van der Waals surface area contributed by atoms with Crippen LogP contribution in [0.15, 0.2) is 12.1 Å². The third-order valence-electron chi connectivity index (χ3n) is 4.02. The van der Waals surface area contributed by atoms with Crippen LogP contribution in [0.2, 0.25) is 0 Å². The zero-order chi connectivity index (χ0) is 14.0. The van der Waals surface area contributed by atoms with Crippen molar-refractivity contribution < 1.29 is 14.3 Å². The van der Waals surface area contributed by atoms with Gasteiger partial charge in [-0.1, -0.05) is 13.0 Å². The molecule has 0 bridgehead atoms. The van der Waals surface area contributed by atoms with Crippen LogP contribution in [-0.2, 0) is 4.79 Å². The molecule has 0 saturated heterocycles. The highest BCUT2D eigenvalue weighted by Crippen LogP contribution is 2.43. The maximum absolute atomic E-state index is 11.7. The average molecular weight is 262 g/mol. The molecule has 0 aromatic heterocycles. The first-order valence-corrected chi connectivity index (χ1v) is 6.82. The van der Waals surface area contributed by atoms with E-state index in [4.69, 9.17) is 9.47 Å². The van der Waals surface area contributed by atoms with Gasteiger partial charge in [0.05, 0.1) is 14.2 Å². The lowest BCUT2D eigenvalue weighted by Gasteiger charge is -2.28. The molecule has 2 atom stereocenters. The van der Waals surface area contributed by atoms with E-state index in [1.54, 1.807) is 14.2 Å². The van der Waals surface area contributed by atoms with Crippen LogP contribution in [0, 0.1) is 12.8 Å². The number of carbonyl (C=O) groups excluding carboxylic acids is 1. The topological polar surface area (TPSA) is 35.5 Å². The van der Waals surface area contributed by atoms with Crippen LogP contribution in [0.4, 0.5) is 0 Å². The van der Waals surface area contributed by atoms with Gasteiger partial charge in [0.25, 0.3) is 0 Å². The van der Waals surface area contributed by atoms with E-state index in [1.165, 1.54) is 5.56 Å². The molecular formula is C16H22O3. The van der Waals surface area contributed by atoms with Gasteiger partial charge in [-0.25, -0.2) is 0 Å².